The Balaban J connectivity index is 3.12. The van der Waals surface area contributed by atoms with Crippen LogP contribution in [0.3, 0.4) is 0 Å². The van der Waals surface area contributed by atoms with Crippen molar-refractivity contribution in [2.45, 2.75) is 60.2 Å². The molecule has 0 radical (unpaired) electrons. The number of rotatable bonds is 9. The first-order chi connectivity index (χ1) is 12.9. The molecule has 0 saturated carbocycles. The Morgan fingerprint density at radius 3 is 2.39 bits per heavy atom. The largest absolute Gasteiger partial charge is 0.499 e. The van der Waals surface area contributed by atoms with Gasteiger partial charge in [0.05, 0.1) is 13.2 Å². The van der Waals surface area contributed by atoms with Crippen LogP contribution in [-0.4, -0.2) is 50.4 Å². The van der Waals surface area contributed by atoms with Gasteiger partial charge >= 0.3 is 0 Å². The van der Waals surface area contributed by atoms with Crippen LogP contribution in [0.15, 0.2) is 11.8 Å². The van der Waals surface area contributed by atoms with E-state index in [0.717, 1.165) is 4.90 Å². The monoisotopic (exact) mass is 494 g/mol. The number of halogens is 5. The smallest absolute Gasteiger partial charge is 0.257 e. The molecule has 3 atom stereocenters. The summed E-state index contributed by atoms with van der Waals surface area (Å²) in [6, 6.07) is -1.72. The van der Waals surface area contributed by atoms with Gasteiger partial charge in [0.2, 0.25) is 5.91 Å². The van der Waals surface area contributed by atoms with Gasteiger partial charge in [-0.05, 0) is 19.3 Å². The molecule has 1 heterocycles. The van der Waals surface area contributed by atoms with E-state index >= 15 is 0 Å². The van der Waals surface area contributed by atoms with E-state index in [9.17, 15) is 14.4 Å². The molecule has 0 aromatic carbocycles. The molecule has 0 bridgehead atoms. The lowest BCUT2D eigenvalue weighted by molar-refractivity contribution is -0.146. The fourth-order valence-corrected chi connectivity index (χ4v) is 3.27. The van der Waals surface area contributed by atoms with E-state index in [4.69, 9.17) is 62.7 Å². The molecule has 0 aliphatic carbocycles. The molecular weight excluding hydrogens is 473 g/mol. The number of carbonyl (C=O) groups is 3. The molecule has 11 heteroatoms. The molecule has 160 valence electrons. The van der Waals surface area contributed by atoms with E-state index in [-0.39, 0.29) is 18.7 Å². The van der Waals surface area contributed by atoms with Crippen LogP contribution in [0, 0.1) is 5.92 Å². The highest BCUT2D eigenvalue weighted by atomic mass is 35.6. The van der Waals surface area contributed by atoms with Crippen LogP contribution in [0.5, 0.6) is 0 Å². The number of ether oxygens (including phenoxy) is 1. The maximum absolute atomic E-state index is 13.2. The molecule has 1 aliphatic rings. The minimum absolute atomic E-state index is 0.0352. The normalized spacial score (nSPS) is 19.5. The van der Waals surface area contributed by atoms with Crippen LogP contribution in [0.25, 0.3) is 0 Å². The molecule has 6 nitrogen and oxygen atoms in total. The maximum Gasteiger partial charge on any atom is 0.257 e. The Morgan fingerprint density at radius 2 is 1.93 bits per heavy atom. The third-order valence-electron chi connectivity index (χ3n) is 4.38. The van der Waals surface area contributed by atoms with Crippen molar-refractivity contribution in [3.8, 4) is 0 Å². The first-order valence-corrected chi connectivity index (χ1v) is 10.7. The lowest BCUT2D eigenvalue weighted by Crippen LogP contribution is -2.53. The maximum atomic E-state index is 13.2. The highest BCUT2D eigenvalue weighted by Crippen LogP contribution is 2.38. The summed E-state index contributed by atoms with van der Waals surface area (Å²) in [5, 5.41) is 2.61. The van der Waals surface area contributed by atoms with Gasteiger partial charge in [0.15, 0.2) is 3.79 Å². The van der Waals surface area contributed by atoms with Crippen LogP contribution in [0.1, 0.15) is 39.5 Å². The van der Waals surface area contributed by atoms with E-state index in [2.05, 4.69) is 5.32 Å². The highest BCUT2D eigenvalue weighted by Gasteiger charge is 2.43. The van der Waals surface area contributed by atoms with Gasteiger partial charge in [-0.2, -0.15) is 0 Å². The molecule has 0 aromatic rings. The molecule has 1 N–H and O–H groups in total. The van der Waals surface area contributed by atoms with Crippen LogP contribution in [0.4, 0.5) is 0 Å². The van der Waals surface area contributed by atoms with Crippen molar-refractivity contribution in [3.63, 3.8) is 0 Å². The predicted molar refractivity (Wildman–Crippen MR) is 112 cm³/mol. The van der Waals surface area contributed by atoms with Crippen LogP contribution < -0.4 is 5.32 Å². The zero-order chi connectivity index (χ0) is 21.6. The van der Waals surface area contributed by atoms with E-state index in [0.29, 0.717) is 18.6 Å². The number of nitrogens with one attached hydrogen (secondary N) is 1. The minimum atomic E-state index is -1.63. The lowest BCUT2D eigenvalue weighted by Gasteiger charge is -2.31. The van der Waals surface area contributed by atoms with Crippen LogP contribution >= 0.6 is 58.0 Å². The van der Waals surface area contributed by atoms with Crippen molar-refractivity contribution in [2.75, 3.05) is 7.11 Å². The quantitative estimate of drug-likeness (QED) is 0.487. The third-order valence-corrected chi connectivity index (χ3v) is 5.93. The average Bonchev–Trinajstić information content (AvgIpc) is 2.92. The van der Waals surface area contributed by atoms with Gasteiger partial charge in [0.1, 0.15) is 16.6 Å². The van der Waals surface area contributed by atoms with E-state index in [1.165, 1.54) is 13.2 Å². The molecule has 0 unspecified atom stereocenters. The van der Waals surface area contributed by atoms with Gasteiger partial charge < -0.3 is 10.1 Å². The molecule has 0 fully saturated rings. The summed E-state index contributed by atoms with van der Waals surface area (Å²) in [5.41, 5.74) is 0. The van der Waals surface area contributed by atoms with Crippen molar-refractivity contribution in [2.24, 2.45) is 5.92 Å². The first kappa shape index (κ1) is 25.6. The van der Waals surface area contributed by atoms with Gasteiger partial charge in [-0.25, -0.2) is 0 Å². The number of alkyl halides is 5. The Bertz CT molecular complexity index is 621. The summed E-state index contributed by atoms with van der Waals surface area (Å²) in [6.45, 7) is 3.28. The average molecular weight is 497 g/mol. The van der Waals surface area contributed by atoms with Crippen molar-refractivity contribution < 1.29 is 19.1 Å². The fourth-order valence-electron chi connectivity index (χ4n) is 2.75. The van der Waals surface area contributed by atoms with Gasteiger partial charge in [-0.15, -0.1) is 23.2 Å². The molecule has 0 saturated heterocycles. The second-order valence-electron chi connectivity index (χ2n) is 6.43. The summed E-state index contributed by atoms with van der Waals surface area (Å²) in [5.74, 6) is -1.77. The number of amides is 3. The number of carbonyl (C=O) groups excluding carboxylic acids is 3. The lowest BCUT2D eigenvalue weighted by atomic mass is 10.0. The first-order valence-electron chi connectivity index (χ1n) is 8.69. The molecule has 28 heavy (non-hydrogen) atoms. The fraction of sp³-hybridized carbons (Fsp3) is 0.706. The van der Waals surface area contributed by atoms with Gasteiger partial charge in [0, 0.05) is 18.4 Å². The molecule has 0 aromatic heterocycles. The molecule has 0 spiro atoms. The second kappa shape index (κ2) is 11.1. The summed E-state index contributed by atoms with van der Waals surface area (Å²) in [6.07, 6.45) is 2.07. The minimum Gasteiger partial charge on any atom is -0.499 e. The number of nitrogens with zero attached hydrogens (tertiary/aromatic N) is 1. The number of imide groups is 1. The van der Waals surface area contributed by atoms with Crippen LogP contribution in [0.2, 0.25) is 0 Å². The van der Waals surface area contributed by atoms with Gasteiger partial charge in [-0.1, -0.05) is 48.7 Å². The summed E-state index contributed by atoms with van der Waals surface area (Å²) in [7, 11) is 1.40. The van der Waals surface area contributed by atoms with E-state index < -0.39 is 38.4 Å². The molecule has 3 amide bonds. The van der Waals surface area contributed by atoms with Gasteiger partial charge in [-0.3, -0.25) is 19.3 Å². The molecular formula is C17H23Cl5N2O4. The van der Waals surface area contributed by atoms with Crippen molar-refractivity contribution in [1.29, 1.82) is 0 Å². The zero-order valence-corrected chi connectivity index (χ0v) is 19.5. The number of hydrogen-bond acceptors (Lipinski definition) is 4. The van der Waals surface area contributed by atoms with Crippen molar-refractivity contribution in [3.05, 3.63) is 11.8 Å². The zero-order valence-electron chi connectivity index (χ0n) is 15.7. The van der Waals surface area contributed by atoms with Crippen molar-refractivity contribution >= 4 is 75.7 Å². The summed E-state index contributed by atoms with van der Waals surface area (Å²) in [4.78, 5) is 38.0. The SMILES string of the molecule is CCC(=O)N[C@H](C[C@H](C)C(Cl)(Cl)Cl)C(=O)N1C(=O)C=C(OC)[C@@H]1CCC(Cl)Cl. The second-order valence-corrected chi connectivity index (χ2v) is 10.1. The van der Waals surface area contributed by atoms with E-state index in [1.54, 1.807) is 13.8 Å². The number of hydrogen-bond donors (Lipinski definition) is 1. The summed E-state index contributed by atoms with van der Waals surface area (Å²) < 4.78 is 3.60. The number of methoxy groups -OCH3 is 1. The topological polar surface area (TPSA) is 75.7 Å². The van der Waals surface area contributed by atoms with Gasteiger partial charge in [0.25, 0.3) is 11.8 Å². The standard InChI is InChI=1S/C17H23Cl5N2O4/c1-4-14(25)23-10(7-9(2)17(20,21)22)16(27)24-11(5-6-13(18)19)12(28-3)8-15(24)26/h8-11,13H,4-7H2,1-3H3,(H,23,25)/t9-,10+,11-/m0/s1. The Kier molecular flexibility index (Phi) is 10.2. The predicted octanol–water partition coefficient (Wildman–Crippen LogP) is 4.13. The molecule has 1 aliphatic heterocycles. The van der Waals surface area contributed by atoms with Crippen molar-refractivity contribution in [1.82, 2.24) is 10.2 Å². The third kappa shape index (κ3) is 7.13. The highest BCUT2D eigenvalue weighted by molar-refractivity contribution is 6.67. The molecule has 1 rings (SSSR count). The summed E-state index contributed by atoms with van der Waals surface area (Å²) >= 11 is 29.3. The van der Waals surface area contributed by atoms with Crippen LogP contribution in [-0.2, 0) is 19.1 Å². The Labute approximate surface area is 189 Å². The Hall–Kier alpha value is -0.400. The Morgan fingerprint density at radius 1 is 1.32 bits per heavy atom. The van der Waals surface area contributed by atoms with E-state index in [1.807, 2.05) is 0 Å².